The van der Waals surface area contributed by atoms with E-state index in [9.17, 15) is 5.11 Å². The van der Waals surface area contributed by atoms with Crippen molar-refractivity contribution in [1.29, 1.82) is 0 Å². The summed E-state index contributed by atoms with van der Waals surface area (Å²) in [5, 5.41) is 14.6. The van der Waals surface area contributed by atoms with Crippen LogP contribution in [0, 0.1) is 6.92 Å². The molecule has 0 aliphatic rings. The van der Waals surface area contributed by atoms with Crippen LogP contribution in [0.5, 0.6) is 5.75 Å². The van der Waals surface area contributed by atoms with E-state index >= 15 is 0 Å². The molecule has 3 aromatic rings. The molecule has 0 bridgehead atoms. The lowest BCUT2D eigenvalue weighted by Crippen LogP contribution is -1.90. The van der Waals surface area contributed by atoms with E-state index in [2.05, 4.69) is 31.4 Å². The average Bonchev–Trinajstić information content (AvgIpc) is 2.92. The fourth-order valence-corrected chi connectivity index (χ4v) is 3.26. The van der Waals surface area contributed by atoms with Crippen molar-refractivity contribution >= 4 is 38.6 Å². The Morgan fingerprint density at radius 1 is 1.22 bits per heavy atom. The predicted molar refractivity (Wildman–Crippen MR) is 99.3 cm³/mol. The number of aromatic hydroxyl groups is 1. The van der Waals surface area contributed by atoms with Gasteiger partial charge in [-0.05, 0) is 25.1 Å². The molecule has 0 saturated heterocycles. The normalized spacial score (nSPS) is 11.0. The number of rotatable bonds is 4. The molecule has 6 heteroatoms. The first kappa shape index (κ1) is 15.7. The van der Waals surface area contributed by atoms with Crippen molar-refractivity contribution in [2.75, 3.05) is 5.43 Å². The minimum Gasteiger partial charge on any atom is -0.507 e. The van der Waals surface area contributed by atoms with Gasteiger partial charge in [0, 0.05) is 20.5 Å². The summed E-state index contributed by atoms with van der Waals surface area (Å²) in [7, 11) is 0. The number of thiazole rings is 1. The van der Waals surface area contributed by atoms with Gasteiger partial charge >= 0.3 is 0 Å². The number of aromatic nitrogens is 1. The molecular formula is C17H14BrN3OS. The molecule has 0 amide bonds. The molecule has 1 aromatic heterocycles. The average molecular weight is 388 g/mol. The summed E-state index contributed by atoms with van der Waals surface area (Å²) in [6.45, 7) is 2.04. The second-order valence-electron chi connectivity index (χ2n) is 4.86. The Balaban J connectivity index is 1.77. The van der Waals surface area contributed by atoms with Gasteiger partial charge in [0.25, 0.3) is 0 Å². The number of hydrogen-bond donors (Lipinski definition) is 2. The van der Waals surface area contributed by atoms with Crippen LogP contribution >= 0.6 is 27.3 Å². The number of benzene rings is 2. The third-order valence-corrected chi connectivity index (χ3v) is 4.57. The summed E-state index contributed by atoms with van der Waals surface area (Å²) in [5.41, 5.74) is 5.59. The van der Waals surface area contributed by atoms with Crippen LogP contribution in [0.15, 0.2) is 58.1 Å². The van der Waals surface area contributed by atoms with E-state index in [1.54, 1.807) is 35.8 Å². The van der Waals surface area contributed by atoms with E-state index in [1.807, 2.05) is 37.3 Å². The Labute approximate surface area is 146 Å². The molecule has 0 atom stereocenters. The van der Waals surface area contributed by atoms with Gasteiger partial charge in [0.1, 0.15) is 5.75 Å². The standard InChI is InChI=1S/C17H14BrN3OS/c1-11-16(12-5-3-2-4-6-12)20-17(23-11)21-19-10-13-9-14(18)7-8-15(13)22/h2-10,22H,1H3,(H,20,21)/b19-10-. The van der Waals surface area contributed by atoms with E-state index in [0.29, 0.717) is 10.7 Å². The minimum absolute atomic E-state index is 0.180. The molecule has 0 aliphatic carbocycles. The van der Waals surface area contributed by atoms with Crippen LogP contribution in [-0.4, -0.2) is 16.3 Å². The Morgan fingerprint density at radius 2 is 2.00 bits per heavy atom. The van der Waals surface area contributed by atoms with Crippen molar-refractivity contribution < 1.29 is 5.11 Å². The van der Waals surface area contributed by atoms with Gasteiger partial charge < -0.3 is 5.11 Å². The summed E-state index contributed by atoms with van der Waals surface area (Å²) < 4.78 is 0.883. The second-order valence-corrected chi connectivity index (χ2v) is 6.98. The largest absolute Gasteiger partial charge is 0.507 e. The molecule has 0 spiro atoms. The minimum atomic E-state index is 0.180. The maximum absolute atomic E-state index is 9.78. The zero-order valence-corrected chi connectivity index (χ0v) is 14.7. The first-order valence-corrected chi connectivity index (χ1v) is 8.55. The highest BCUT2D eigenvalue weighted by Crippen LogP contribution is 2.30. The smallest absolute Gasteiger partial charge is 0.204 e. The number of nitrogens with one attached hydrogen (secondary N) is 1. The fraction of sp³-hybridized carbons (Fsp3) is 0.0588. The highest BCUT2D eigenvalue weighted by molar-refractivity contribution is 9.10. The first-order chi connectivity index (χ1) is 11.1. The molecule has 1 heterocycles. The zero-order chi connectivity index (χ0) is 16.2. The van der Waals surface area contributed by atoms with Crippen LogP contribution in [0.2, 0.25) is 0 Å². The Kier molecular flexibility index (Phi) is 4.73. The monoisotopic (exact) mass is 387 g/mol. The summed E-state index contributed by atoms with van der Waals surface area (Å²) in [5.74, 6) is 0.180. The molecule has 2 N–H and O–H groups in total. The Hall–Kier alpha value is -2.18. The molecule has 0 aliphatic heterocycles. The summed E-state index contributed by atoms with van der Waals surface area (Å²) in [4.78, 5) is 5.70. The van der Waals surface area contributed by atoms with Crippen molar-refractivity contribution in [2.24, 2.45) is 5.10 Å². The molecular weight excluding hydrogens is 374 g/mol. The molecule has 2 aromatic carbocycles. The number of phenols is 1. The maximum atomic E-state index is 9.78. The molecule has 23 heavy (non-hydrogen) atoms. The van der Waals surface area contributed by atoms with Gasteiger partial charge in [-0.3, -0.25) is 5.43 Å². The number of hydrazone groups is 1. The summed E-state index contributed by atoms with van der Waals surface area (Å²) in [6.07, 6.45) is 1.57. The zero-order valence-electron chi connectivity index (χ0n) is 12.3. The van der Waals surface area contributed by atoms with Crippen LogP contribution in [0.4, 0.5) is 5.13 Å². The Morgan fingerprint density at radius 3 is 2.78 bits per heavy atom. The van der Waals surface area contributed by atoms with Crippen LogP contribution in [-0.2, 0) is 0 Å². The molecule has 3 rings (SSSR count). The lowest BCUT2D eigenvalue weighted by molar-refractivity contribution is 0.474. The van der Waals surface area contributed by atoms with Gasteiger partial charge in [-0.15, -0.1) is 11.3 Å². The first-order valence-electron chi connectivity index (χ1n) is 6.94. The van der Waals surface area contributed by atoms with E-state index in [1.165, 1.54) is 0 Å². The van der Waals surface area contributed by atoms with Crippen molar-refractivity contribution in [1.82, 2.24) is 4.98 Å². The highest BCUT2D eigenvalue weighted by Gasteiger charge is 2.08. The number of aryl methyl sites for hydroxylation is 1. The predicted octanol–water partition coefficient (Wildman–Crippen LogP) is 5.03. The molecule has 4 nitrogen and oxygen atoms in total. The molecule has 0 fully saturated rings. The van der Waals surface area contributed by atoms with Crippen molar-refractivity contribution in [2.45, 2.75) is 6.92 Å². The molecule has 116 valence electrons. The topological polar surface area (TPSA) is 57.5 Å². The van der Waals surface area contributed by atoms with E-state index < -0.39 is 0 Å². The van der Waals surface area contributed by atoms with Gasteiger partial charge in [0.05, 0.1) is 11.9 Å². The van der Waals surface area contributed by atoms with Crippen molar-refractivity contribution in [3.63, 3.8) is 0 Å². The SMILES string of the molecule is Cc1sc(N/N=C\c2cc(Br)ccc2O)nc1-c1ccccc1. The van der Waals surface area contributed by atoms with E-state index in [-0.39, 0.29) is 5.75 Å². The molecule has 0 unspecified atom stereocenters. The third-order valence-electron chi connectivity index (χ3n) is 3.20. The lowest BCUT2D eigenvalue weighted by atomic mass is 10.1. The lowest BCUT2D eigenvalue weighted by Gasteiger charge is -1.99. The van der Waals surface area contributed by atoms with Crippen LogP contribution in [0.1, 0.15) is 10.4 Å². The van der Waals surface area contributed by atoms with Crippen molar-refractivity contribution in [3.05, 3.63) is 63.4 Å². The van der Waals surface area contributed by atoms with Gasteiger partial charge in [-0.2, -0.15) is 5.10 Å². The molecule has 0 saturated carbocycles. The number of phenolic OH excluding ortho intramolecular Hbond substituents is 1. The van der Waals surface area contributed by atoms with Crippen LogP contribution < -0.4 is 5.43 Å². The number of anilines is 1. The number of halogens is 1. The number of nitrogens with zero attached hydrogens (tertiary/aromatic N) is 2. The van der Waals surface area contributed by atoms with Gasteiger partial charge in [-0.1, -0.05) is 46.3 Å². The summed E-state index contributed by atoms with van der Waals surface area (Å²) in [6, 6.07) is 15.2. The highest BCUT2D eigenvalue weighted by atomic mass is 79.9. The second kappa shape index (κ2) is 6.93. The van der Waals surface area contributed by atoms with Crippen LogP contribution in [0.3, 0.4) is 0 Å². The van der Waals surface area contributed by atoms with Crippen molar-refractivity contribution in [3.8, 4) is 17.0 Å². The van der Waals surface area contributed by atoms with E-state index in [0.717, 1.165) is 20.6 Å². The van der Waals surface area contributed by atoms with E-state index in [4.69, 9.17) is 0 Å². The summed E-state index contributed by atoms with van der Waals surface area (Å²) >= 11 is 4.91. The fourth-order valence-electron chi connectivity index (χ4n) is 2.09. The third kappa shape index (κ3) is 3.78. The maximum Gasteiger partial charge on any atom is 0.204 e. The van der Waals surface area contributed by atoms with Gasteiger partial charge in [-0.25, -0.2) is 4.98 Å². The quantitative estimate of drug-likeness (QED) is 0.487. The number of hydrogen-bond acceptors (Lipinski definition) is 5. The van der Waals surface area contributed by atoms with Gasteiger partial charge in [0.2, 0.25) is 5.13 Å². The van der Waals surface area contributed by atoms with Gasteiger partial charge in [0.15, 0.2) is 0 Å². The molecule has 0 radical (unpaired) electrons. The Bertz CT molecular complexity index is 846. The van der Waals surface area contributed by atoms with Crippen LogP contribution in [0.25, 0.3) is 11.3 Å².